The molecule has 0 unspecified atom stereocenters. The van der Waals surface area contributed by atoms with E-state index in [1.165, 1.54) is 42.1 Å². The van der Waals surface area contributed by atoms with E-state index >= 15 is 0 Å². The van der Waals surface area contributed by atoms with E-state index < -0.39 is 35.8 Å². The van der Waals surface area contributed by atoms with Gasteiger partial charge in [-0.05, 0) is 105 Å². The van der Waals surface area contributed by atoms with Crippen molar-refractivity contribution in [3.05, 3.63) is 180 Å². The summed E-state index contributed by atoms with van der Waals surface area (Å²) in [5, 5.41) is 24.1. The number of rotatable bonds is 16. The van der Waals surface area contributed by atoms with Gasteiger partial charge in [-0.2, -0.15) is 0 Å². The molecule has 6 aromatic carbocycles. The molecule has 0 aliphatic heterocycles. The number of para-hydroxylation sites is 3. The van der Waals surface area contributed by atoms with E-state index in [-0.39, 0.29) is 47.5 Å². The van der Waals surface area contributed by atoms with Crippen molar-refractivity contribution in [1.82, 2.24) is 19.9 Å². The Bertz CT molecular complexity index is 3840. The van der Waals surface area contributed by atoms with Crippen LogP contribution in [0.5, 0.6) is 51.7 Å². The van der Waals surface area contributed by atoms with Crippen LogP contribution in [-0.4, -0.2) is 101 Å². The molecule has 21 heteroatoms. The van der Waals surface area contributed by atoms with E-state index in [2.05, 4.69) is 19.7 Å². The Morgan fingerprint density at radius 1 is 0.410 bits per heavy atom. The van der Waals surface area contributed by atoms with Crippen LogP contribution in [0.25, 0.3) is 32.3 Å². The van der Waals surface area contributed by atoms with Gasteiger partial charge in [0.25, 0.3) is 0 Å². The highest BCUT2D eigenvalue weighted by molar-refractivity contribution is 6.03. The number of benzene rings is 6. The first-order chi connectivity index (χ1) is 39.9. The van der Waals surface area contributed by atoms with Gasteiger partial charge >= 0.3 is 35.8 Å². The molecule has 0 saturated carbocycles. The normalized spacial score (nSPS) is 10.6. The number of nitrogens with zero attached hydrogens (tertiary/aromatic N) is 4. The molecule has 0 radical (unpaired) electrons. The van der Waals surface area contributed by atoms with Crippen LogP contribution in [0, 0.1) is 0 Å². The van der Waals surface area contributed by atoms with Crippen molar-refractivity contribution in [2.45, 2.75) is 40.5 Å². The molecular weight excluding hydrogens is 1070 g/mol. The first-order valence-electron chi connectivity index (χ1n) is 25.2. The Kier molecular flexibility index (Phi) is 20.2. The summed E-state index contributed by atoms with van der Waals surface area (Å²) in [6.07, 6.45) is 0. The third kappa shape index (κ3) is 15.6. The molecule has 0 spiro atoms. The number of fused-ring (bicyclic) bond motifs is 3. The molecule has 426 valence electrons. The summed E-state index contributed by atoms with van der Waals surface area (Å²) in [6, 6.07) is 42.9. The average molecular weight is 1130 g/mol. The molecule has 3 aromatic heterocycles. The smallest absolute Gasteiger partial charge is 0.360 e. The third-order valence-electron chi connectivity index (χ3n) is 11.7. The summed E-state index contributed by atoms with van der Waals surface area (Å²) < 4.78 is 47.0. The fourth-order valence-electron chi connectivity index (χ4n) is 8.03. The number of ether oxygens (including phenoxy) is 9. The Labute approximate surface area is 475 Å². The number of carbonyl (C=O) groups excluding carboxylic acids is 6. The van der Waals surface area contributed by atoms with Crippen molar-refractivity contribution < 1.29 is 81.6 Å². The molecule has 0 saturated heterocycles. The van der Waals surface area contributed by atoms with Crippen LogP contribution in [-0.2, 0) is 57.8 Å². The van der Waals surface area contributed by atoms with Crippen LogP contribution in [0.2, 0.25) is 0 Å². The van der Waals surface area contributed by atoms with Gasteiger partial charge < -0.3 is 57.7 Å². The highest BCUT2D eigenvalue weighted by Crippen LogP contribution is 2.38. The first-order valence-corrected chi connectivity index (χ1v) is 25.2. The van der Waals surface area contributed by atoms with E-state index in [1.807, 2.05) is 97.9 Å². The Balaban J connectivity index is 0.000000179. The average Bonchev–Trinajstić information content (AvgIpc) is 3.45. The summed E-state index contributed by atoms with van der Waals surface area (Å²) in [6.45, 7) is 3.95. The topological polar surface area (TPSA) is 268 Å². The number of methoxy groups -OCH3 is 3. The van der Waals surface area contributed by atoms with Crippen molar-refractivity contribution in [2.75, 3.05) is 35.4 Å². The fourth-order valence-corrected chi connectivity index (χ4v) is 8.03. The van der Waals surface area contributed by atoms with Crippen molar-refractivity contribution in [1.29, 1.82) is 0 Å². The van der Waals surface area contributed by atoms with Crippen LogP contribution in [0.4, 0.5) is 0 Å². The predicted octanol–water partition coefficient (Wildman–Crippen LogP) is 11.0. The zero-order valence-corrected chi connectivity index (χ0v) is 46.3. The van der Waals surface area contributed by atoms with Gasteiger partial charge in [-0.1, -0.05) is 54.6 Å². The number of carbonyl (C=O) groups is 6. The lowest BCUT2D eigenvalue weighted by Crippen LogP contribution is -2.15. The monoisotopic (exact) mass is 1130 g/mol. The summed E-state index contributed by atoms with van der Waals surface area (Å²) in [7, 11) is 7.45. The van der Waals surface area contributed by atoms with E-state index in [1.54, 1.807) is 66.7 Å². The number of esters is 6. The maximum Gasteiger partial charge on any atom is 0.360 e. The highest BCUT2D eigenvalue weighted by atomic mass is 16.6. The fraction of sp³-hybridized carbons (Fsp3) is 0.177. The molecular formula is C62H56N4O17. The van der Waals surface area contributed by atoms with Crippen LogP contribution in [0.15, 0.2) is 146 Å². The molecule has 0 aliphatic carbocycles. The molecule has 0 fully saturated rings. The zero-order chi connectivity index (χ0) is 59.7. The van der Waals surface area contributed by atoms with Gasteiger partial charge in [0.15, 0.2) is 34.3 Å². The minimum Gasteiger partial charge on any atom is -0.505 e. The molecule has 21 nitrogen and oxygen atoms in total. The standard InChI is InChI=1S/C22H19NO7.C20H20N2O4.C20H17NO6/c1-13(24)28-12-19-17-10-9-16(30-15-7-5-4-6-8-15)11-18(17)21(29-14(2)25)20(23-19)22(26)27-3;1-22(2)12-17-15-10-9-14(26-13-7-5-4-6-8-13)11-16(15)19(23)18(21-17)20(24)25-3;1-12(22)26-11-17-15-9-8-14(27-13-6-4-3-5-7-13)10-16(15)19(23)18(21-17)20(24)25-2/h4-11H,12H2,1-3H3;4-11,23H,12H2,1-3H3;3-10,23H,11H2,1-2H3. The van der Waals surface area contributed by atoms with Gasteiger partial charge in [0.1, 0.15) is 47.7 Å². The molecule has 0 aliphatic rings. The Morgan fingerprint density at radius 2 is 0.747 bits per heavy atom. The lowest BCUT2D eigenvalue weighted by Gasteiger charge is -2.15. The Hall–Kier alpha value is -10.7. The lowest BCUT2D eigenvalue weighted by molar-refractivity contribution is -0.143. The Morgan fingerprint density at radius 3 is 1.11 bits per heavy atom. The van der Waals surface area contributed by atoms with E-state index in [4.69, 9.17) is 37.9 Å². The molecule has 9 aromatic rings. The van der Waals surface area contributed by atoms with Gasteiger partial charge in [-0.25, -0.2) is 29.3 Å². The van der Waals surface area contributed by atoms with Crippen LogP contribution >= 0.6 is 0 Å². The quantitative estimate of drug-likeness (QED) is 0.0672. The van der Waals surface area contributed by atoms with Gasteiger partial charge in [-0.3, -0.25) is 14.4 Å². The summed E-state index contributed by atoms with van der Waals surface area (Å²) in [5.74, 6) is -1.13. The van der Waals surface area contributed by atoms with Crippen LogP contribution in [0.3, 0.4) is 0 Å². The number of hydrogen-bond donors (Lipinski definition) is 2. The second-order valence-corrected chi connectivity index (χ2v) is 18.0. The second kappa shape index (κ2) is 28.0. The first kappa shape index (κ1) is 60.0. The largest absolute Gasteiger partial charge is 0.505 e. The minimum absolute atomic E-state index is 0.0607. The van der Waals surface area contributed by atoms with Gasteiger partial charge in [-0.15, -0.1) is 0 Å². The zero-order valence-electron chi connectivity index (χ0n) is 46.3. The SMILES string of the molecule is COC(=O)c1nc(CN(C)C)c2ccc(Oc3ccccc3)cc2c1O.COC(=O)c1nc(COC(C)=O)c2ccc(Oc3ccccc3)cc2c1O.COC(=O)c1nc(COC(C)=O)c2ccc(Oc3ccccc3)cc2c1OC(C)=O. The maximum absolute atomic E-state index is 12.3. The summed E-state index contributed by atoms with van der Waals surface area (Å²) in [4.78, 5) is 85.0. The van der Waals surface area contributed by atoms with Crippen molar-refractivity contribution in [2.24, 2.45) is 0 Å². The van der Waals surface area contributed by atoms with Crippen molar-refractivity contribution in [3.63, 3.8) is 0 Å². The number of aromatic hydroxyl groups is 2. The minimum atomic E-state index is -0.799. The molecule has 2 N–H and O–H groups in total. The maximum atomic E-state index is 12.3. The number of pyridine rings is 3. The molecule has 0 atom stereocenters. The summed E-state index contributed by atoms with van der Waals surface area (Å²) >= 11 is 0. The van der Waals surface area contributed by atoms with Crippen LogP contribution in [0.1, 0.15) is 69.3 Å². The number of aromatic nitrogens is 3. The van der Waals surface area contributed by atoms with Crippen molar-refractivity contribution >= 4 is 68.1 Å². The molecule has 83 heavy (non-hydrogen) atoms. The number of hydrogen-bond acceptors (Lipinski definition) is 21. The van der Waals surface area contributed by atoms with Gasteiger partial charge in [0.05, 0.1) is 38.4 Å². The lowest BCUT2D eigenvalue weighted by atomic mass is 10.1. The molecule has 9 rings (SSSR count). The predicted molar refractivity (Wildman–Crippen MR) is 302 cm³/mol. The molecule has 0 bridgehead atoms. The second-order valence-electron chi connectivity index (χ2n) is 18.0. The van der Waals surface area contributed by atoms with Crippen molar-refractivity contribution in [3.8, 4) is 51.7 Å². The highest BCUT2D eigenvalue weighted by Gasteiger charge is 2.25. The van der Waals surface area contributed by atoms with Gasteiger partial charge in [0.2, 0.25) is 0 Å². The molecule has 3 heterocycles. The third-order valence-corrected chi connectivity index (χ3v) is 11.7. The summed E-state index contributed by atoms with van der Waals surface area (Å²) in [5.41, 5.74) is 0.735. The van der Waals surface area contributed by atoms with Crippen LogP contribution < -0.4 is 18.9 Å². The van der Waals surface area contributed by atoms with E-state index in [0.717, 1.165) is 5.39 Å². The van der Waals surface area contributed by atoms with E-state index in [0.29, 0.717) is 85.1 Å². The molecule has 0 amide bonds. The van der Waals surface area contributed by atoms with Gasteiger partial charge in [0, 0.05) is 59.6 Å². The van der Waals surface area contributed by atoms with E-state index in [9.17, 15) is 39.0 Å².